The molecule has 0 bridgehead atoms. The van der Waals surface area contributed by atoms with Crippen LogP contribution >= 0.6 is 0 Å². The van der Waals surface area contributed by atoms with Gasteiger partial charge >= 0.3 is 225 Å². The Hall–Kier alpha value is -2.95. The molecule has 1 aliphatic rings. The van der Waals surface area contributed by atoms with Gasteiger partial charge in [0.2, 0.25) is 0 Å². The molecule has 0 saturated heterocycles. The number of aliphatic carboxylic acids is 5. The minimum atomic E-state index is -2.60. The number of rotatable bonds is 17. The van der Waals surface area contributed by atoms with Gasteiger partial charge in [0.1, 0.15) is 0 Å². The molecule has 13 heteroatoms. The zero-order chi connectivity index (χ0) is 28.2. The quantitative estimate of drug-likeness (QED) is 0.162. The van der Waals surface area contributed by atoms with Gasteiger partial charge in [0, 0.05) is 0 Å². The molecule has 0 amide bonds. The molecule has 1 aromatic rings. The van der Waals surface area contributed by atoms with Gasteiger partial charge < -0.3 is 0 Å². The Bertz CT molecular complexity index is 944. The fourth-order valence-electron chi connectivity index (χ4n) is 5.20. The number of carboxylic acids is 5. The Labute approximate surface area is 225 Å². The molecule has 3 atom stereocenters. The Morgan fingerprint density at radius 2 is 1.16 bits per heavy atom. The van der Waals surface area contributed by atoms with Gasteiger partial charge in [-0.1, -0.05) is 0 Å². The summed E-state index contributed by atoms with van der Waals surface area (Å²) in [6, 6.07) is 8.15. The molecule has 0 aromatic heterocycles. The van der Waals surface area contributed by atoms with Crippen LogP contribution in [-0.4, -0.2) is 118 Å². The van der Waals surface area contributed by atoms with E-state index in [9.17, 15) is 49.5 Å². The first-order valence-electron chi connectivity index (χ1n) is 12.3. The molecule has 1 fully saturated rings. The van der Waals surface area contributed by atoms with Crippen molar-refractivity contribution in [2.45, 2.75) is 59.3 Å². The Kier molecular flexibility index (Phi) is 12.7. The normalized spacial score (nSPS) is 18.4. The molecule has 1 saturated carbocycles. The van der Waals surface area contributed by atoms with Crippen LogP contribution in [0.2, 0.25) is 15.1 Å². The van der Waals surface area contributed by atoms with Gasteiger partial charge in [-0.05, 0) is 0 Å². The van der Waals surface area contributed by atoms with Crippen LogP contribution in [-0.2, 0) is 30.4 Å². The van der Waals surface area contributed by atoms with E-state index in [1.54, 1.807) is 4.90 Å². The van der Waals surface area contributed by atoms with E-state index in [0.717, 1.165) is 18.4 Å². The van der Waals surface area contributed by atoms with Crippen molar-refractivity contribution >= 4 is 44.5 Å². The Balaban J connectivity index is 2.47. The van der Waals surface area contributed by atoms with Gasteiger partial charge in [-0.15, -0.1) is 0 Å². The third-order valence-corrected chi connectivity index (χ3v) is 12.3. The van der Waals surface area contributed by atoms with Crippen molar-refractivity contribution in [3.63, 3.8) is 0 Å². The maximum absolute atomic E-state index is 11.9. The van der Waals surface area contributed by atoms with E-state index in [-0.39, 0.29) is 17.0 Å². The van der Waals surface area contributed by atoms with E-state index in [4.69, 9.17) is 0 Å². The SMILES string of the molecule is O=C(O)CN(CC(=O)O)[C@H]1CCCC[C@@H]1N(CC(=O)O)C[C@H](Cc1ccccc1)[As](CC(=O)O)CC(=O)O. The summed E-state index contributed by atoms with van der Waals surface area (Å²) in [4.78, 5) is 61.3. The number of benzene rings is 1. The molecule has 2 rings (SSSR count). The summed E-state index contributed by atoms with van der Waals surface area (Å²) in [6.45, 7) is -1.32. The number of hydrogen-bond donors (Lipinski definition) is 5. The number of carbonyl (C=O) groups is 5. The molecule has 0 unspecified atom stereocenters. The van der Waals surface area contributed by atoms with Crippen molar-refractivity contribution in [1.82, 2.24) is 9.80 Å². The predicted molar refractivity (Wildman–Crippen MR) is 137 cm³/mol. The minimum absolute atomic E-state index is 0.122. The zero-order valence-corrected chi connectivity index (χ0v) is 22.9. The third-order valence-electron chi connectivity index (χ3n) is 6.60. The molecule has 1 aliphatic carbocycles. The van der Waals surface area contributed by atoms with Crippen LogP contribution in [0, 0.1) is 0 Å². The van der Waals surface area contributed by atoms with E-state index in [0.29, 0.717) is 19.3 Å². The standard InChI is InChI=1S/C25H35AsN2O10/c29-21(30)11-26(12-22(31)32)18(10-17-6-2-1-3-7-17)13-27(14-23(33)34)19-8-4-5-9-20(19)28(15-24(35)36)16-25(37)38/h1-3,6-7,18-20H,4-5,8-16H2,(H,29,30)(H,31,32)(H,33,34)(H,35,36)(H,37,38)/t18-,19-,20-/m0/s1. The van der Waals surface area contributed by atoms with Gasteiger partial charge in [-0.25, -0.2) is 0 Å². The Morgan fingerprint density at radius 1 is 0.711 bits per heavy atom. The Morgan fingerprint density at radius 3 is 1.61 bits per heavy atom. The van der Waals surface area contributed by atoms with Gasteiger partial charge in [0.15, 0.2) is 0 Å². The van der Waals surface area contributed by atoms with Crippen LogP contribution < -0.4 is 0 Å². The third kappa shape index (κ3) is 10.8. The summed E-state index contributed by atoms with van der Waals surface area (Å²) >= 11 is -2.60. The van der Waals surface area contributed by atoms with Crippen molar-refractivity contribution < 1.29 is 49.5 Å². The topological polar surface area (TPSA) is 193 Å². The fourth-order valence-corrected chi connectivity index (χ4v) is 9.88. The first-order valence-corrected chi connectivity index (χ1v) is 16.0. The van der Waals surface area contributed by atoms with Crippen molar-refractivity contribution in [1.29, 1.82) is 0 Å². The van der Waals surface area contributed by atoms with Crippen molar-refractivity contribution in [3.8, 4) is 0 Å². The molecule has 38 heavy (non-hydrogen) atoms. The van der Waals surface area contributed by atoms with Gasteiger partial charge in [-0.3, -0.25) is 0 Å². The average molecular weight is 598 g/mol. The fraction of sp³-hybridized carbons (Fsp3) is 0.560. The summed E-state index contributed by atoms with van der Waals surface area (Å²) in [5.41, 5.74) is 0.876. The monoisotopic (exact) mass is 598 g/mol. The molecule has 0 aliphatic heterocycles. The molecule has 12 nitrogen and oxygen atoms in total. The van der Waals surface area contributed by atoms with E-state index < -0.39 is 80.9 Å². The molecule has 0 radical (unpaired) electrons. The summed E-state index contributed by atoms with van der Waals surface area (Å²) in [5, 5.41) is 47.1. The number of carboxylic acid groups (broad SMARTS) is 5. The van der Waals surface area contributed by atoms with E-state index in [2.05, 4.69) is 0 Å². The van der Waals surface area contributed by atoms with E-state index >= 15 is 0 Å². The summed E-state index contributed by atoms with van der Waals surface area (Å²) in [6.07, 6.45) is 2.83. The van der Waals surface area contributed by atoms with Gasteiger partial charge in [0.25, 0.3) is 0 Å². The molecule has 0 heterocycles. The first kappa shape index (κ1) is 31.3. The van der Waals surface area contributed by atoms with Crippen molar-refractivity contribution in [2.75, 3.05) is 26.2 Å². The summed E-state index contributed by atoms with van der Waals surface area (Å²) in [7, 11) is 0. The predicted octanol–water partition coefficient (Wildman–Crippen LogP) is 1.43. The molecule has 0 spiro atoms. The van der Waals surface area contributed by atoms with E-state index in [1.165, 1.54) is 4.90 Å². The van der Waals surface area contributed by atoms with Crippen LogP contribution in [0.1, 0.15) is 31.2 Å². The maximum atomic E-state index is 11.9. The van der Waals surface area contributed by atoms with Crippen LogP contribution in [0.4, 0.5) is 0 Å². The van der Waals surface area contributed by atoms with Crippen LogP contribution in [0.3, 0.4) is 0 Å². The van der Waals surface area contributed by atoms with Crippen molar-refractivity contribution in [2.24, 2.45) is 0 Å². The molecular formula is C25H35AsN2O10. The van der Waals surface area contributed by atoms with Crippen LogP contribution in [0.5, 0.6) is 0 Å². The molecule has 210 valence electrons. The average Bonchev–Trinajstić information content (AvgIpc) is 2.81. The first-order chi connectivity index (χ1) is 18.0. The van der Waals surface area contributed by atoms with Crippen LogP contribution in [0.25, 0.3) is 0 Å². The second-order valence-electron chi connectivity index (χ2n) is 9.47. The van der Waals surface area contributed by atoms with Crippen LogP contribution in [0.15, 0.2) is 30.3 Å². The van der Waals surface area contributed by atoms with E-state index in [1.807, 2.05) is 30.3 Å². The van der Waals surface area contributed by atoms with Gasteiger partial charge in [-0.2, -0.15) is 0 Å². The van der Waals surface area contributed by atoms with Crippen molar-refractivity contribution in [3.05, 3.63) is 35.9 Å². The second kappa shape index (κ2) is 15.5. The molecular weight excluding hydrogens is 563 g/mol. The van der Waals surface area contributed by atoms with Gasteiger partial charge in [0.05, 0.1) is 0 Å². The zero-order valence-electron chi connectivity index (χ0n) is 21.0. The molecule has 1 aromatic carbocycles. The summed E-state index contributed by atoms with van der Waals surface area (Å²) < 4.78 is -0.397. The molecule has 5 N–H and O–H groups in total. The number of hydrogen-bond acceptors (Lipinski definition) is 7. The number of nitrogens with zero attached hydrogens (tertiary/aromatic N) is 2. The second-order valence-corrected chi connectivity index (χ2v) is 14.8. The summed E-state index contributed by atoms with van der Waals surface area (Å²) in [5.74, 6) is -5.72.